The van der Waals surface area contributed by atoms with Crippen molar-refractivity contribution in [3.05, 3.63) is 0 Å². The molecule has 0 spiro atoms. The summed E-state index contributed by atoms with van der Waals surface area (Å²) >= 11 is 0. The van der Waals surface area contributed by atoms with Gasteiger partial charge < -0.3 is 10.4 Å². The largest absolute Gasteiger partial charge is 0.481 e. The summed E-state index contributed by atoms with van der Waals surface area (Å²) in [5.74, 6) is -2.82. The van der Waals surface area contributed by atoms with Gasteiger partial charge in [0.25, 0.3) is 0 Å². The average Bonchev–Trinajstić information content (AvgIpc) is 2.77. The molecule has 0 aromatic rings. The van der Waals surface area contributed by atoms with Crippen molar-refractivity contribution in [3.8, 4) is 0 Å². The number of hydrogen-bond donors (Lipinski definition) is 2. The zero-order valence-electron chi connectivity index (χ0n) is 11.8. The Morgan fingerprint density at radius 3 is 2.35 bits per heavy atom. The third-order valence-electron chi connectivity index (χ3n) is 3.59. The number of aliphatic carboxylic acids is 1. The highest BCUT2D eigenvalue weighted by atomic mass is 32.2. The molecule has 1 amide bonds. The molecule has 1 aliphatic rings. The van der Waals surface area contributed by atoms with Gasteiger partial charge in [0.2, 0.25) is 15.9 Å². The van der Waals surface area contributed by atoms with Crippen molar-refractivity contribution in [2.45, 2.75) is 39.2 Å². The van der Waals surface area contributed by atoms with E-state index in [1.165, 1.54) is 4.31 Å². The molecule has 1 saturated carbocycles. The first-order valence-electron chi connectivity index (χ1n) is 6.81. The molecular formula is C12H22N2O5S. The Morgan fingerprint density at radius 1 is 1.25 bits per heavy atom. The number of carboxylic acid groups (broad SMARTS) is 1. The lowest BCUT2D eigenvalue weighted by Gasteiger charge is -2.20. The van der Waals surface area contributed by atoms with Gasteiger partial charge in [-0.2, -0.15) is 0 Å². The number of sulfonamides is 1. The maximum Gasteiger partial charge on any atom is 0.308 e. The minimum atomic E-state index is -3.63. The minimum Gasteiger partial charge on any atom is -0.481 e. The van der Waals surface area contributed by atoms with E-state index in [1.54, 1.807) is 13.8 Å². The highest BCUT2D eigenvalue weighted by Crippen LogP contribution is 2.25. The van der Waals surface area contributed by atoms with Crippen LogP contribution in [-0.2, 0) is 19.6 Å². The molecule has 0 aromatic carbocycles. The molecule has 1 fully saturated rings. The molecule has 0 radical (unpaired) electrons. The van der Waals surface area contributed by atoms with Crippen LogP contribution in [0.15, 0.2) is 0 Å². The van der Waals surface area contributed by atoms with Crippen LogP contribution in [-0.4, -0.2) is 54.6 Å². The number of carbonyl (C=O) groups is 2. The molecule has 0 unspecified atom stereocenters. The number of carbonyl (C=O) groups excluding carboxylic acids is 1. The Balaban J connectivity index is 2.62. The molecule has 1 aliphatic carbocycles. The molecule has 2 atom stereocenters. The second kappa shape index (κ2) is 7.03. The molecular weight excluding hydrogens is 284 g/mol. The van der Waals surface area contributed by atoms with Crippen molar-refractivity contribution >= 4 is 21.9 Å². The lowest BCUT2D eigenvalue weighted by molar-refractivity contribution is -0.142. The fraction of sp³-hybridized carbons (Fsp3) is 0.833. The van der Waals surface area contributed by atoms with Gasteiger partial charge in [-0.1, -0.05) is 20.3 Å². The number of rotatable bonds is 7. The van der Waals surface area contributed by atoms with Crippen LogP contribution in [0.4, 0.5) is 0 Å². The molecule has 7 nitrogen and oxygen atoms in total. The van der Waals surface area contributed by atoms with Crippen LogP contribution in [0.3, 0.4) is 0 Å². The number of carboxylic acids is 1. The Labute approximate surface area is 119 Å². The molecule has 0 aromatic heterocycles. The summed E-state index contributed by atoms with van der Waals surface area (Å²) in [5, 5.41) is 11.6. The van der Waals surface area contributed by atoms with E-state index in [4.69, 9.17) is 5.11 Å². The lowest BCUT2D eigenvalue weighted by Crippen LogP contribution is -2.45. The number of amides is 1. The Kier molecular flexibility index (Phi) is 5.94. The van der Waals surface area contributed by atoms with Gasteiger partial charge in [-0.05, 0) is 12.8 Å². The molecule has 0 saturated heterocycles. The van der Waals surface area contributed by atoms with Gasteiger partial charge in [-0.15, -0.1) is 0 Å². The number of nitrogens with one attached hydrogen (secondary N) is 1. The van der Waals surface area contributed by atoms with Crippen LogP contribution in [0, 0.1) is 5.92 Å². The zero-order chi connectivity index (χ0) is 15.3. The quantitative estimate of drug-likeness (QED) is 0.690. The predicted octanol–water partition coefficient (Wildman–Crippen LogP) is 0.0275. The van der Waals surface area contributed by atoms with Crippen molar-refractivity contribution in [1.29, 1.82) is 0 Å². The standard InChI is InChI=1S/C12H22N2O5S/c1-3-14(4-2)20(18,19)8-11(15)13-10-7-5-6-9(10)12(16)17/h9-10H,3-8H2,1-2H3,(H,13,15)(H,16,17)/t9-,10+/m0/s1. The minimum absolute atomic E-state index is 0.313. The van der Waals surface area contributed by atoms with E-state index in [1.807, 2.05) is 0 Å². The maximum absolute atomic E-state index is 11.9. The van der Waals surface area contributed by atoms with E-state index in [-0.39, 0.29) is 0 Å². The maximum atomic E-state index is 11.9. The predicted molar refractivity (Wildman–Crippen MR) is 73.6 cm³/mol. The van der Waals surface area contributed by atoms with E-state index in [0.29, 0.717) is 25.9 Å². The molecule has 1 rings (SSSR count). The van der Waals surface area contributed by atoms with E-state index in [2.05, 4.69) is 5.32 Å². The van der Waals surface area contributed by atoms with Crippen molar-refractivity contribution in [2.24, 2.45) is 5.92 Å². The Morgan fingerprint density at radius 2 is 1.85 bits per heavy atom. The summed E-state index contributed by atoms with van der Waals surface area (Å²) < 4.78 is 25.1. The topological polar surface area (TPSA) is 104 Å². The SMILES string of the molecule is CCN(CC)S(=O)(=O)CC(=O)N[C@@H]1CCC[C@@H]1C(=O)O. The van der Waals surface area contributed by atoms with Crippen LogP contribution in [0.25, 0.3) is 0 Å². The zero-order valence-corrected chi connectivity index (χ0v) is 12.6. The van der Waals surface area contributed by atoms with Gasteiger partial charge in [-0.25, -0.2) is 12.7 Å². The van der Waals surface area contributed by atoms with E-state index >= 15 is 0 Å². The molecule has 2 N–H and O–H groups in total. The molecule has 116 valence electrons. The van der Waals surface area contributed by atoms with E-state index < -0.39 is 39.6 Å². The molecule has 20 heavy (non-hydrogen) atoms. The van der Waals surface area contributed by atoms with Gasteiger partial charge in [0.1, 0.15) is 5.75 Å². The molecule has 0 heterocycles. The van der Waals surface area contributed by atoms with Gasteiger partial charge >= 0.3 is 5.97 Å². The molecule has 0 aliphatic heterocycles. The van der Waals surface area contributed by atoms with Gasteiger partial charge in [0.05, 0.1) is 5.92 Å². The summed E-state index contributed by atoms with van der Waals surface area (Å²) in [6.45, 7) is 4.04. The first kappa shape index (κ1) is 16.9. The van der Waals surface area contributed by atoms with Crippen molar-refractivity contribution in [3.63, 3.8) is 0 Å². The fourth-order valence-corrected chi connectivity index (χ4v) is 3.93. The molecule has 0 bridgehead atoms. The monoisotopic (exact) mass is 306 g/mol. The van der Waals surface area contributed by atoms with Crippen LogP contribution in [0.2, 0.25) is 0 Å². The van der Waals surface area contributed by atoms with Crippen molar-refractivity contribution < 1.29 is 23.1 Å². The third kappa shape index (κ3) is 4.17. The third-order valence-corrected chi connectivity index (χ3v) is 5.52. The van der Waals surface area contributed by atoms with Gasteiger partial charge in [0, 0.05) is 19.1 Å². The lowest BCUT2D eigenvalue weighted by atomic mass is 10.0. The fourth-order valence-electron chi connectivity index (χ4n) is 2.55. The highest BCUT2D eigenvalue weighted by Gasteiger charge is 2.34. The summed E-state index contributed by atoms with van der Waals surface area (Å²) in [4.78, 5) is 22.8. The second-order valence-corrected chi connectivity index (χ2v) is 6.86. The highest BCUT2D eigenvalue weighted by molar-refractivity contribution is 7.89. The van der Waals surface area contributed by atoms with Crippen molar-refractivity contribution in [1.82, 2.24) is 9.62 Å². The summed E-state index contributed by atoms with van der Waals surface area (Å²) in [7, 11) is -3.63. The van der Waals surface area contributed by atoms with Crippen LogP contribution in [0.5, 0.6) is 0 Å². The summed E-state index contributed by atoms with van der Waals surface area (Å²) in [6, 6.07) is -0.466. The Hall–Kier alpha value is -1.15. The van der Waals surface area contributed by atoms with Crippen molar-refractivity contribution in [2.75, 3.05) is 18.8 Å². The summed E-state index contributed by atoms with van der Waals surface area (Å²) in [5.41, 5.74) is 0. The number of nitrogens with zero attached hydrogens (tertiary/aromatic N) is 1. The molecule has 8 heteroatoms. The summed E-state index contributed by atoms with van der Waals surface area (Å²) in [6.07, 6.45) is 1.82. The van der Waals surface area contributed by atoms with Crippen LogP contribution >= 0.6 is 0 Å². The normalized spacial score (nSPS) is 22.9. The first-order chi connectivity index (χ1) is 9.31. The average molecular weight is 306 g/mol. The smallest absolute Gasteiger partial charge is 0.308 e. The Bertz CT molecular complexity index is 458. The van der Waals surface area contributed by atoms with E-state index in [9.17, 15) is 18.0 Å². The second-order valence-electron chi connectivity index (χ2n) is 4.89. The van der Waals surface area contributed by atoms with Crippen LogP contribution < -0.4 is 5.32 Å². The first-order valence-corrected chi connectivity index (χ1v) is 8.42. The number of hydrogen-bond acceptors (Lipinski definition) is 4. The van der Waals surface area contributed by atoms with Gasteiger partial charge in [0.15, 0.2) is 0 Å². The van der Waals surface area contributed by atoms with Gasteiger partial charge in [-0.3, -0.25) is 9.59 Å². The van der Waals surface area contributed by atoms with Crippen LogP contribution in [0.1, 0.15) is 33.1 Å². The van der Waals surface area contributed by atoms with E-state index in [0.717, 1.165) is 6.42 Å².